The number of para-hydroxylation sites is 2. The van der Waals surface area contributed by atoms with Crippen molar-refractivity contribution >= 4 is 27.6 Å². The monoisotopic (exact) mass is 574 g/mol. The van der Waals surface area contributed by atoms with Crippen LogP contribution in [0.1, 0.15) is 51.9 Å². The molecule has 5 nitrogen and oxygen atoms in total. The lowest BCUT2D eigenvalue weighted by Crippen LogP contribution is -2.49. The van der Waals surface area contributed by atoms with E-state index < -0.39 is 0 Å². The molecule has 5 heteroatoms. The zero-order valence-corrected chi connectivity index (χ0v) is 25.6. The van der Waals surface area contributed by atoms with Crippen molar-refractivity contribution in [2.45, 2.75) is 46.2 Å². The number of nitrogens with one attached hydrogen (secondary N) is 1. The summed E-state index contributed by atoms with van der Waals surface area (Å²) in [6.07, 6.45) is 1.89. The SMILES string of the molecule is CC1=C2N3c4c(cccc4C(C)(C)C2(C)C)-c2ccc(Oc4cccc(-n5c6ccccc6c6cccnc65)c4)cc2C3N1. The fourth-order valence-electron chi connectivity index (χ4n) is 7.99. The Bertz CT molecular complexity index is 2170. The predicted octanol–water partition coefficient (Wildman–Crippen LogP) is 9.61. The van der Waals surface area contributed by atoms with Crippen LogP contribution >= 0.6 is 0 Å². The predicted molar refractivity (Wildman–Crippen MR) is 178 cm³/mol. The molecule has 0 spiro atoms. The van der Waals surface area contributed by atoms with Crippen molar-refractivity contribution in [1.29, 1.82) is 0 Å². The number of pyridine rings is 1. The molecule has 3 aliphatic heterocycles. The Morgan fingerprint density at radius 1 is 0.750 bits per heavy atom. The second kappa shape index (κ2) is 8.54. The van der Waals surface area contributed by atoms with Crippen LogP contribution < -0.4 is 15.0 Å². The van der Waals surface area contributed by atoms with E-state index >= 15 is 0 Å². The molecule has 0 saturated heterocycles. The topological polar surface area (TPSA) is 42.3 Å². The standard InChI is InChI=1S/C39H34N4O/c1-23-35-39(4,5)38(2,3)32-16-9-14-29-27-19-18-26(22-31(27)37(41-23)43(35)34(29)32)44-25-12-8-11-24(21-25)42-33-17-7-6-13-28(33)30-15-10-20-40-36(30)42/h6-22,37,41H,1-5H3. The lowest BCUT2D eigenvalue weighted by Gasteiger charge is -2.54. The van der Waals surface area contributed by atoms with E-state index in [9.17, 15) is 0 Å². The van der Waals surface area contributed by atoms with E-state index in [1.54, 1.807) is 0 Å². The summed E-state index contributed by atoms with van der Waals surface area (Å²) in [4.78, 5) is 7.32. The molecule has 0 aliphatic carbocycles. The van der Waals surface area contributed by atoms with Gasteiger partial charge in [0, 0.05) is 56.4 Å². The zero-order chi connectivity index (χ0) is 30.0. The Kier molecular flexibility index (Phi) is 4.94. The quantitative estimate of drug-likeness (QED) is 0.229. The van der Waals surface area contributed by atoms with Crippen molar-refractivity contribution in [2.75, 3.05) is 4.90 Å². The van der Waals surface area contributed by atoms with Crippen molar-refractivity contribution in [3.8, 4) is 28.3 Å². The van der Waals surface area contributed by atoms with Crippen LogP contribution in [0, 0.1) is 5.41 Å². The van der Waals surface area contributed by atoms with Crippen LogP contribution in [-0.2, 0) is 5.41 Å². The molecule has 3 aliphatic rings. The van der Waals surface area contributed by atoms with Crippen molar-refractivity contribution in [1.82, 2.24) is 14.9 Å². The molecule has 4 aromatic carbocycles. The van der Waals surface area contributed by atoms with Gasteiger partial charge in [0.1, 0.15) is 23.3 Å². The Hall–Kier alpha value is -5.03. The van der Waals surface area contributed by atoms with E-state index in [-0.39, 0.29) is 17.0 Å². The van der Waals surface area contributed by atoms with Gasteiger partial charge in [0.15, 0.2) is 0 Å². The third-order valence-corrected chi connectivity index (χ3v) is 10.7. The third-order valence-electron chi connectivity index (χ3n) is 10.7. The molecular weight excluding hydrogens is 540 g/mol. The van der Waals surface area contributed by atoms with E-state index in [0.717, 1.165) is 33.7 Å². The van der Waals surface area contributed by atoms with Crippen LogP contribution in [0.4, 0.5) is 5.69 Å². The molecule has 5 heterocycles. The molecule has 0 bridgehead atoms. The summed E-state index contributed by atoms with van der Waals surface area (Å²) in [6.45, 7) is 11.8. The number of fused-ring (bicyclic) bond motifs is 6. The van der Waals surface area contributed by atoms with Crippen molar-refractivity contribution < 1.29 is 4.74 Å². The number of benzene rings is 4. The van der Waals surface area contributed by atoms with Gasteiger partial charge >= 0.3 is 0 Å². The molecule has 0 radical (unpaired) electrons. The highest BCUT2D eigenvalue weighted by Crippen LogP contribution is 2.63. The molecule has 0 saturated carbocycles. The first kappa shape index (κ1) is 25.5. The highest BCUT2D eigenvalue weighted by molar-refractivity contribution is 6.07. The second-order valence-corrected chi connectivity index (χ2v) is 13.4. The highest BCUT2D eigenvalue weighted by atomic mass is 16.5. The molecule has 2 aromatic heterocycles. The molecule has 0 fully saturated rings. The average Bonchev–Trinajstić information content (AvgIpc) is 3.56. The van der Waals surface area contributed by atoms with Crippen molar-refractivity contribution in [3.63, 3.8) is 0 Å². The summed E-state index contributed by atoms with van der Waals surface area (Å²) in [5.41, 5.74) is 12.2. The van der Waals surface area contributed by atoms with Gasteiger partial charge in [-0.1, -0.05) is 76.2 Å². The summed E-state index contributed by atoms with van der Waals surface area (Å²) >= 11 is 0. The number of allylic oxidation sites excluding steroid dienone is 2. The first-order chi connectivity index (χ1) is 21.3. The fraction of sp³-hybridized carbons (Fsp3) is 0.205. The summed E-state index contributed by atoms with van der Waals surface area (Å²) < 4.78 is 8.83. The number of rotatable bonds is 3. The third kappa shape index (κ3) is 3.16. The summed E-state index contributed by atoms with van der Waals surface area (Å²) in [7, 11) is 0. The second-order valence-electron chi connectivity index (χ2n) is 13.4. The van der Waals surface area contributed by atoms with Gasteiger partial charge in [-0.05, 0) is 60.5 Å². The van der Waals surface area contributed by atoms with Crippen LogP contribution in [-0.4, -0.2) is 9.55 Å². The summed E-state index contributed by atoms with van der Waals surface area (Å²) in [6, 6.07) is 34.3. The smallest absolute Gasteiger partial charge is 0.145 e. The van der Waals surface area contributed by atoms with Gasteiger partial charge in [0.2, 0.25) is 0 Å². The summed E-state index contributed by atoms with van der Waals surface area (Å²) in [5.74, 6) is 1.61. The summed E-state index contributed by atoms with van der Waals surface area (Å²) in [5, 5.41) is 6.21. The molecule has 44 heavy (non-hydrogen) atoms. The maximum atomic E-state index is 6.62. The number of hydrogen-bond acceptors (Lipinski definition) is 4. The largest absolute Gasteiger partial charge is 0.457 e. The molecular formula is C39H34N4O. The molecule has 1 atom stereocenters. The van der Waals surface area contributed by atoms with Crippen molar-refractivity contribution in [3.05, 3.63) is 126 Å². The Morgan fingerprint density at radius 3 is 2.43 bits per heavy atom. The van der Waals surface area contributed by atoms with Crippen molar-refractivity contribution in [2.24, 2.45) is 5.41 Å². The number of anilines is 1. The maximum absolute atomic E-state index is 6.62. The Labute approximate surface area is 257 Å². The van der Waals surface area contributed by atoms with E-state index in [0.29, 0.717) is 0 Å². The van der Waals surface area contributed by atoms with Crippen LogP contribution in [0.2, 0.25) is 0 Å². The molecule has 9 rings (SSSR count). The van der Waals surface area contributed by atoms with Gasteiger partial charge in [-0.3, -0.25) is 4.57 Å². The first-order valence-electron chi connectivity index (χ1n) is 15.4. The number of nitrogens with zero attached hydrogens (tertiary/aromatic N) is 3. The van der Waals surface area contributed by atoms with E-state index in [1.165, 1.54) is 44.7 Å². The molecule has 1 unspecified atom stereocenters. The van der Waals surface area contributed by atoms with Crippen LogP contribution in [0.3, 0.4) is 0 Å². The van der Waals surface area contributed by atoms with Gasteiger partial charge in [0.05, 0.1) is 16.9 Å². The lowest BCUT2D eigenvalue weighted by atomic mass is 9.58. The van der Waals surface area contributed by atoms with E-state index in [1.807, 2.05) is 18.3 Å². The zero-order valence-electron chi connectivity index (χ0n) is 25.6. The maximum Gasteiger partial charge on any atom is 0.145 e. The lowest BCUT2D eigenvalue weighted by molar-refractivity contribution is 0.231. The van der Waals surface area contributed by atoms with Gasteiger partial charge in [0.25, 0.3) is 0 Å². The minimum absolute atomic E-state index is 0.0144. The number of aromatic nitrogens is 2. The minimum Gasteiger partial charge on any atom is -0.457 e. The fourth-order valence-corrected chi connectivity index (χ4v) is 7.99. The highest BCUT2D eigenvalue weighted by Gasteiger charge is 2.55. The van der Waals surface area contributed by atoms with Gasteiger partial charge in [-0.2, -0.15) is 0 Å². The molecule has 0 amide bonds. The Morgan fingerprint density at radius 2 is 1.55 bits per heavy atom. The van der Waals surface area contributed by atoms with Gasteiger partial charge in [-0.15, -0.1) is 0 Å². The minimum atomic E-state index is -0.0435. The normalized spacial score (nSPS) is 18.8. The van der Waals surface area contributed by atoms with E-state index in [4.69, 9.17) is 9.72 Å². The average molecular weight is 575 g/mol. The number of hydrogen-bond donors (Lipinski definition) is 1. The van der Waals surface area contributed by atoms with Crippen LogP contribution in [0.15, 0.2) is 115 Å². The first-order valence-corrected chi connectivity index (χ1v) is 15.4. The van der Waals surface area contributed by atoms with E-state index in [2.05, 4.69) is 134 Å². The molecule has 6 aromatic rings. The van der Waals surface area contributed by atoms with Crippen LogP contribution in [0.25, 0.3) is 38.8 Å². The molecule has 216 valence electrons. The Balaban J connectivity index is 1.15. The van der Waals surface area contributed by atoms with Gasteiger partial charge < -0.3 is 15.0 Å². The van der Waals surface area contributed by atoms with Gasteiger partial charge in [-0.25, -0.2) is 4.98 Å². The molecule has 1 N–H and O–H groups in total. The van der Waals surface area contributed by atoms with Crippen LogP contribution in [0.5, 0.6) is 11.5 Å². The number of ether oxygens (including phenoxy) is 1.